The zero-order valence-corrected chi connectivity index (χ0v) is 10.3. The number of rotatable bonds is 4. The maximum Gasteiger partial charge on any atom is 0.405 e. The van der Waals surface area contributed by atoms with Crippen molar-refractivity contribution in [2.24, 2.45) is 0 Å². The lowest BCUT2D eigenvalue weighted by Gasteiger charge is -2.28. The van der Waals surface area contributed by atoms with E-state index in [2.05, 4.69) is 4.98 Å². The molecule has 1 aromatic heterocycles. The lowest BCUT2D eigenvalue weighted by atomic mass is 10.3. The van der Waals surface area contributed by atoms with Gasteiger partial charge in [-0.25, -0.2) is 4.98 Å². The Labute approximate surface area is 107 Å². The van der Waals surface area contributed by atoms with Crippen molar-refractivity contribution in [2.75, 3.05) is 17.2 Å². The van der Waals surface area contributed by atoms with Crippen LogP contribution >= 0.6 is 0 Å². The minimum atomic E-state index is -4.40. The first kappa shape index (κ1) is 15.0. The monoisotopic (exact) mass is 278 g/mol. The summed E-state index contributed by atoms with van der Waals surface area (Å²) in [6.45, 7) is 1.92. The second-order valence-corrected chi connectivity index (χ2v) is 4.17. The molecule has 0 saturated heterocycles. The standard InChI is InChI=1S/C10H13F3N4O2/c1-6(2)16(5-10(11,12)13)8-4-3-7(17(18)19)9(14)15-8/h3-4,6H,5H2,1-2H3,(H2,14,15). The largest absolute Gasteiger partial charge is 0.405 e. The van der Waals surface area contributed by atoms with Crippen molar-refractivity contribution in [1.82, 2.24) is 4.98 Å². The third-order valence-electron chi connectivity index (χ3n) is 2.35. The smallest absolute Gasteiger partial charge is 0.378 e. The molecule has 0 aliphatic carbocycles. The van der Waals surface area contributed by atoms with Crippen LogP contribution in [0.5, 0.6) is 0 Å². The van der Waals surface area contributed by atoms with Gasteiger partial charge in [-0.1, -0.05) is 0 Å². The highest BCUT2D eigenvalue weighted by Gasteiger charge is 2.33. The van der Waals surface area contributed by atoms with E-state index in [9.17, 15) is 23.3 Å². The minimum Gasteiger partial charge on any atom is -0.378 e. The molecular weight excluding hydrogens is 265 g/mol. The highest BCUT2D eigenvalue weighted by atomic mass is 19.4. The Balaban J connectivity index is 3.11. The fourth-order valence-electron chi connectivity index (χ4n) is 1.49. The van der Waals surface area contributed by atoms with Crippen LogP contribution in [0.15, 0.2) is 12.1 Å². The molecule has 6 nitrogen and oxygen atoms in total. The van der Waals surface area contributed by atoms with Crippen LogP contribution in [-0.4, -0.2) is 28.7 Å². The summed E-state index contributed by atoms with van der Waals surface area (Å²) in [5.74, 6) is -0.453. The van der Waals surface area contributed by atoms with Gasteiger partial charge >= 0.3 is 11.9 Å². The number of nitrogen functional groups attached to an aromatic ring is 1. The van der Waals surface area contributed by atoms with E-state index >= 15 is 0 Å². The van der Waals surface area contributed by atoms with Gasteiger partial charge in [-0.15, -0.1) is 0 Å². The number of hydrogen-bond donors (Lipinski definition) is 1. The zero-order valence-electron chi connectivity index (χ0n) is 10.3. The van der Waals surface area contributed by atoms with Crippen molar-refractivity contribution in [3.8, 4) is 0 Å². The van der Waals surface area contributed by atoms with Gasteiger partial charge in [0, 0.05) is 12.1 Å². The predicted molar refractivity (Wildman–Crippen MR) is 63.8 cm³/mol. The number of hydrogen-bond acceptors (Lipinski definition) is 5. The molecule has 1 aromatic rings. The zero-order chi connectivity index (χ0) is 14.8. The summed E-state index contributed by atoms with van der Waals surface area (Å²) in [5.41, 5.74) is 4.93. The Hall–Kier alpha value is -2.06. The molecule has 0 bridgehead atoms. The van der Waals surface area contributed by atoms with Crippen molar-refractivity contribution in [1.29, 1.82) is 0 Å². The van der Waals surface area contributed by atoms with Crippen molar-refractivity contribution in [3.63, 3.8) is 0 Å². The van der Waals surface area contributed by atoms with E-state index in [0.29, 0.717) is 0 Å². The summed E-state index contributed by atoms with van der Waals surface area (Å²) in [6.07, 6.45) is -4.40. The molecule has 2 N–H and O–H groups in total. The van der Waals surface area contributed by atoms with Crippen molar-refractivity contribution >= 4 is 17.3 Å². The summed E-state index contributed by atoms with van der Waals surface area (Å²) >= 11 is 0. The van der Waals surface area contributed by atoms with Gasteiger partial charge in [0.1, 0.15) is 12.4 Å². The van der Waals surface area contributed by atoms with Crippen LogP contribution in [0.2, 0.25) is 0 Å². The number of nitrogens with two attached hydrogens (primary N) is 1. The molecule has 1 heterocycles. The Bertz CT molecular complexity index is 476. The first-order chi connectivity index (χ1) is 8.61. The quantitative estimate of drug-likeness (QED) is 0.675. The van der Waals surface area contributed by atoms with Crippen LogP contribution in [0.25, 0.3) is 0 Å². The average molecular weight is 278 g/mol. The maximum atomic E-state index is 12.5. The molecular formula is C10H13F3N4O2. The maximum absolute atomic E-state index is 12.5. The topological polar surface area (TPSA) is 85.3 Å². The van der Waals surface area contributed by atoms with Crippen LogP contribution in [0, 0.1) is 10.1 Å². The minimum absolute atomic E-state index is 0.0459. The van der Waals surface area contributed by atoms with Gasteiger partial charge in [-0.3, -0.25) is 10.1 Å². The molecule has 0 aliphatic heterocycles. The molecule has 19 heavy (non-hydrogen) atoms. The molecule has 0 radical (unpaired) electrons. The molecule has 0 aromatic carbocycles. The first-order valence-corrected chi connectivity index (χ1v) is 5.36. The molecule has 0 amide bonds. The van der Waals surface area contributed by atoms with Gasteiger partial charge in [0.2, 0.25) is 5.82 Å². The van der Waals surface area contributed by atoms with E-state index in [1.165, 1.54) is 0 Å². The second-order valence-electron chi connectivity index (χ2n) is 4.17. The second kappa shape index (κ2) is 5.29. The van der Waals surface area contributed by atoms with Crippen LogP contribution < -0.4 is 10.6 Å². The molecule has 9 heteroatoms. The molecule has 0 saturated carbocycles. The highest BCUT2D eigenvalue weighted by molar-refractivity contribution is 5.58. The van der Waals surface area contributed by atoms with Crippen molar-refractivity contribution in [3.05, 3.63) is 22.2 Å². The van der Waals surface area contributed by atoms with Gasteiger partial charge < -0.3 is 10.6 Å². The highest BCUT2D eigenvalue weighted by Crippen LogP contribution is 2.27. The summed E-state index contributed by atoms with van der Waals surface area (Å²) < 4.78 is 37.4. The first-order valence-electron chi connectivity index (χ1n) is 5.36. The molecule has 0 atom stereocenters. The number of nitrogens with zero attached hydrogens (tertiary/aromatic N) is 3. The van der Waals surface area contributed by atoms with Crippen molar-refractivity contribution in [2.45, 2.75) is 26.1 Å². The number of nitro groups is 1. The molecule has 106 valence electrons. The number of halogens is 3. The van der Waals surface area contributed by atoms with Gasteiger partial charge in [0.25, 0.3) is 0 Å². The number of pyridine rings is 1. The van der Waals surface area contributed by atoms with Crippen LogP contribution in [0.4, 0.5) is 30.5 Å². The van der Waals surface area contributed by atoms with Crippen LogP contribution in [0.3, 0.4) is 0 Å². The molecule has 0 unspecified atom stereocenters. The number of alkyl halides is 3. The third kappa shape index (κ3) is 3.97. The van der Waals surface area contributed by atoms with Gasteiger partial charge in [0.15, 0.2) is 0 Å². The van der Waals surface area contributed by atoms with Crippen molar-refractivity contribution < 1.29 is 18.1 Å². The molecule has 0 aliphatic rings. The van der Waals surface area contributed by atoms with E-state index < -0.39 is 35.2 Å². The van der Waals surface area contributed by atoms with E-state index in [1.54, 1.807) is 13.8 Å². The fraction of sp³-hybridized carbons (Fsp3) is 0.500. The third-order valence-corrected chi connectivity index (χ3v) is 2.35. The van der Waals surface area contributed by atoms with Gasteiger partial charge in [-0.05, 0) is 19.9 Å². The van der Waals surface area contributed by atoms with E-state index in [1.807, 2.05) is 0 Å². The Kier molecular flexibility index (Phi) is 4.17. The van der Waals surface area contributed by atoms with Gasteiger partial charge in [0.05, 0.1) is 4.92 Å². The Morgan fingerprint density at radius 3 is 2.42 bits per heavy atom. The van der Waals surface area contributed by atoms with Crippen LogP contribution in [-0.2, 0) is 0 Å². The van der Waals surface area contributed by atoms with Crippen LogP contribution in [0.1, 0.15) is 13.8 Å². The summed E-state index contributed by atoms with van der Waals surface area (Å²) in [6, 6.07) is 1.72. The number of anilines is 2. The van der Waals surface area contributed by atoms with Gasteiger partial charge in [-0.2, -0.15) is 13.2 Å². The lowest BCUT2D eigenvalue weighted by Crippen LogP contribution is -2.39. The normalized spacial score (nSPS) is 11.7. The summed E-state index contributed by atoms with van der Waals surface area (Å²) in [7, 11) is 0. The van der Waals surface area contributed by atoms with E-state index in [-0.39, 0.29) is 5.82 Å². The molecule has 0 spiro atoms. The summed E-state index contributed by atoms with van der Waals surface area (Å²) in [5, 5.41) is 10.6. The number of aromatic nitrogens is 1. The lowest BCUT2D eigenvalue weighted by molar-refractivity contribution is -0.384. The fourth-order valence-corrected chi connectivity index (χ4v) is 1.49. The van der Waals surface area contributed by atoms with E-state index in [0.717, 1.165) is 17.0 Å². The van der Waals surface area contributed by atoms with E-state index in [4.69, 9.17) is 5.73 Å². The SMILES string of the molecule is CC(C)N(CC(F)(F)F)c1ccc([N+](=O)[O-])c(N)n1. The molecule has 1 rings (SSSR count). The Morgan fingerprint density at radius 2 is 2.05 bits per heavy atom. The average Bonchev–Trinajstić information content (AvgIpc) is 2.23. The Morgan fingerprint density at radius 1 is 1.47 bits per heavy atom. The summed E-state index contributed by atoms with van der Waals surface area (Å²) in [4.78, 5) is 14.5. The predicted octanol–water partition coefficient (Wildman–Crippen LogP) is 2.35. The molecule has 0 fully saturated rings.